The van der Waals surface area contributed by atoms with E-state index in [-0.39, 0.29) is 22.6 Å². The Morgan fingerprint density at radius 1 is 0.879 bits per heavy atom. The fourth-order valence-corrected chi connectivity index (χ4v) is 3.91. The van der Waals surface area contributed by atoms with Crippen LogP contribution in [-0.4, -0.2) is 50.6 Å². The summed E-state index contributed by atoms with van der Waals surface area (Å²) in [6, 6.07) is 11.0. The SMILES string of the molecule is CC(=O)n1cc(C(=O)C(C(=O)OC(C)(C)C)N2C(=O)c3ccccc3C2=O)c2ccccc21. The highest BCUT2D eigenvalue weighted by Gasteiger charge is 2.48. The highest BCUT2D eigenvalue weighted by Crippen LogP contribution is 2.30. The van der Waals surface area contributed by atoms with Crippen molar-refractivity contribution in [3.05, 3.63) is 71.4 Å². The van der Waals surface area contributed by atoms with Gasteiger partial charge in [0.1, 0.15) is 5.60 Å². The molecule has 0 aliphatic carbocycles. The number of hydrogen-bond donors (Lipinski definition) is 0. The second kappa shape index (κ2) is 7.81. The maximum Gasteiger partial charge on any atom is 0.338 e. The minimum atomic E-state index is -1.84. The molecule has 0 saturated carbocycles. The number of nitrogens with zero attached hydrogens (tertiary/aromatic N) is 2. The number of ketones is 1. The van der Waals surface area contributed by atoms with Crippen molar-refractivity contribution in [3.8, 4) is 0 Å². The maximum absolute atomic E-state index is 13.8. The quantitative estimate of drug-likeness (QED) is 0.263. The molecule has 8 nitrogen and oxygen atoms in total. The Kier molecular flexibility index (Phi) is 5.24. The molecule has 8 heteroatoms. The predicted molar refractivity (Wildman–Crippen MR) is 119 cm³/mol. The van der Waals surface area contributed by atoms with E-state index in [1.54, 1.807) is 57.2 Å². The second-order valence-corrected chi connectivity index (χ2v) is 8.78. The molecule has 0 fully saturated rings. The van der Waals surface area contributed by atoms with Gasteiger partial charge in [0, 0.05) is 24.1 Å². The predicted octanol–water partition coefficient (Wildman–Crippen LogP) is 3.49. The number of amides is 2. The maximum atomic E-state index is 13.8. The molecule has 168 valence electrons. The van der Waals surface area contributed by atoms with Crippen LogP contribution in [0.15, 0.2) is 54.7 Å². The van der Waals surface area contributed by atoms with Crippen molar-refractivity contribution in [3.63, 3.8) is 0 Å². The summed E-state index contributed by atoms with van der Waals surface area (Å²) in [6.45, 7) is 6.21. The van der Waals surface area contributed by atoms with E-state index in [0.717, 1.165) is 0 Å². The second-order valence-electron chi connectivity index (χ2n) is 8.78. The Morgan fingerprint density at radius 3 is 1.97 bits per heavy atom. The van der Waals surface area contributed by atoms with Crippen LogP contribution in [0.5, 0.6) is 0 Å². The molecular weight excluding hydrogens is 424 g/mol. The zero-order valence-electron chi connectivity index (χ0n) is 18.6. The summed E-state index contributed by atoms with van der Waals surface area (Å²) >= 11 is 0. The monoisotopic (exact) mass is 446 g/mol. The average Bonchev–Trinajstić information content (AvgIpc) is 3.25. The van der Waals surface area contributed by atoms with Crippen molar-refractivity contribution in [2.45, 2.75) is 39.3 Å². The van der Waals surface area contributed by atoms with Gasteiger partial charge < -0.3 is 4.74 Å². The van der Waals surface area contributed by atoms with Gasteiger partial charge >= 0.3 is 5.97 Å². The molecule has 0 bridgehead atoms. The van der Waals surface area contributed by atoms with Gasteiger partial charge in [-0.15, -0.1) is 0 Å². The first kappa shape index (κ1) is 22.1. The lowest BCUT2D eigenvalue weighted by Gasteiger charge is -2.27. The fourth-order valence-electron chi connectivity index (χ4n) is 3.91. The standard InChI is InChI=1S/C25H22N2O6/c1-14(28)26-13-18(15-9-7-8-12-19(15)26)21(29)20(24(32)33-25(2,3)4)27-22(30)16-10-5-6-11-17(16)23(27)31/h5-13,20H,1-4H3. The number of Topliss-reactive ketones (excluding diaryl/α,β-unsaturated/α-hetero) is 1. The first-order valence-corrected chi connectivity index (χ1v) is 10.4. The van der Waals surface area contributed by atoms with Crippen LogP contribution in [-0.2, 0) is 9.53 Å². The number of carbonyl (C=O) groups is 5. The molecule has 1 unspecified atom stereocenters. The van der Waals surface area contributed by atoms with Crippen LogP contribution >= 0.6 is 0 Å². The fraction of sp³-hybridized carbons (Fsp3) is 0.240. The highest BCUT2D eigenvalue weighted by molar-refractivity contribution is 6.28. The number of benzene rings is 2. The van der Waals surface area contributed by atoms with Gasteiger partial charge in [-0.1, -0.05) is 30.3 Å². The molecule has 0 saturated heterocycles. The van der Waals surface area contributed by atoms with E-state index in [4.69, 9.17) is 4.74 Å². The highest BCUT2D eigenvalue weighted by atomic mass is 16.6. The van der Waals surface area contributed by atoms with Crippen LogP contribution in [0.3, 0.4) is 0 Å². The minimum absolute atomic E-state index is 0.0354. The molecule has 33 heavy (non-hydrogen) atoms. The summed E-state index contributed by atoms with van der Waals surface area (Å²) in [5.41, 5.74) is -0.251. The normalized spacial score (nSPS) is 14.4. The van der Waals surface area contributed by atoms with Gasteiger partial charge in [-0.3, -0.25) is 28.6 Å². The Bertz CT molecular complexity index is 1310. The number of carbonyl (C=O) groups excluding carboxylic acids is 5. The number of aromatic nitrogens is 1. The van der Waals surface area contributed by atoms with E-state index in [0.29, 0.717) is 15.8 Å². The van der Waals surface area contributed by atoms with Crippen molar-refractivity contribution in [2.24, 2.45) is 0 Å². The van der Waals surface area contributed by atoms with Crippen LogP contribution in [0.1, 0.15) is 63.6 Å². The summed E-state index contributed by atoms with van der Waals surface area (Å²) in [6.07, 6.45) is 1.32. The molecule has 1 aromatic heterocycles. The molecule has 1 aliphatic heterocycles. The number of hydrogen-bond acceptors (Lipinski definition) is 6. The van der Waals surface area contributed by atoms with Crippen molar-refractivity contribution in [2.75, 3.05) is 0 Å². The summed E-state index contributed by atoms with van der Waals surface area (Å²) in [4.78, 5) is 66.0. The van der Waals surface area contributed by atoms with E-state index in [1.165, 1.54) is 29.8 Å². The Morgan fingerprint density at radius 2 is 1.42 bits per heavy atom. The third-order valence-corrected chi connectivity index (χ3v) is 5.28. The molecule has 1 atom stereocenters. The molecule has 2 heterocycles. The number of para-hydroxylation sites is 1. The van der Waals surface area contributed by atoms with Gasteiger partial charge in [-0.05, 0) is 39.0 Å². The van der Waals surface area contributed by atoms with Gasteiger partial charge in [0.15, 0.2) is 5.78 Å². The van der Waals surface area contributed by atoms with Crippen molar-refractivity contribution < 1.29 is 28.7 Å². The van der Waals surface area contributed by atoms with E-state index >= 15 is 0 Å². The van der Waals surface area contributed by atoms with Gasteiger partial charge in [0.25, 0.3) is 11.8 Å². The van der Waals surface area contributed by atoms with Crippen LogP contribution in [0.2, 0.25) is 0 Å². The van der Waals surface area contributed by atoms with Gasteiger partial charge in [0.2, 0.25) is 11.9 Å². The third kappa shape index (κ3) is 3.73. The Balaban J connectivity index is 1.87. The lowest BCUT2D eigenvalue weighted by molar-refractivity contribution is -0.157. The number of imide groups is 1. The van der Waals surface area contributed by atoms with Gasteiger partial charge in [0.05, 0.1) is 16.6 Å². The van der Waals surface area contributed by atoms with Crippen molar-refractivity contribution >= 4 is 40.4 Å². The van der Waals surface area contributed by atoms with Crippen LogP contribution < -0.4 is 0 Å². The Hall–Kier alpha value is -4.07. The number of esters is 1. The van der Waals surface area contributed by atoms with Crippen LogP contribution in [0, 0.1) is 0 Å². The van der Waals surface area contributed by atoms with Crippen molar-refractivity contribution in [1.82, 2.24) is 9.47 Å². The lowest BCUT2D eigenvalue weighted by Crippen LogP contribution is -2.51. The molecule has 0 spiro atoms. The zero-order valence-corrected chi connectivity index (χ0v) is 18.6. The first-order chi connectivity index (χ1) is 15.5. The lowest BCUT2D eigenvalue weighted by atomic mass is 10.0. The van der Waals surface area contributed by atoms with Crippen LogP contribution in [0.25, 0.3) is 10.9 Å². The molecule has 0 radical (unpaired) electrons. The van der Waals surface area contributed by atoms with E-state index < -0.39 is 35.2 Å². The topological polar surface area (TPSA) is 103 Å². The number of rotatable bonds is 4. The third-order valence-electron chi connectivity index (χ3n) is 5.28. The molecular formula is C25H22N2O6. The molecule has 2 aromatic carbocycles. The molecule has 1 aliphatic rings. The molecule has 0 N–H and O–H groups in total. The van der Waals surface area contributed by atoms with E-state index in [9.17, 15) is 24.0 Å². The molecule has 2 amide bonds. The van der Waals surface area contributed by atoms with Crippen molar-refractivity contribution in [1.29, 1.82) is 0 Å². The Labute approximate surface area is 189 Å². The van der Waals surface area contributed by atoms with Gasteiger partial charge in [-0.25, -0.2) is 4.79 Å². The van der Waals surface area contributed by atoms with Crippen LogP contribution in [0.4, 0.5) is 0 Å². The summed E-state index contributed by atoms with van der Waals surface area (Å²) < 4.78 is 6.73. The summed E-state index contributed by atoms with van der Waals surface area (Å²) in [7, 11) is 0. The average molecular weight is 446 g/mol. The zero-order chi connectivity index (χ0) is 24.1. The summed E-state index contributed by atoms with van der Waals surface area (Å²) in [5, 5.41) is 0.419. The summed E-state index contributed by atoms with van der Waals surface area (Å²) in [5.74, 6) is -3.68. The van der Waals surface area contributed by atoms with E-state index in [2.05, 4.69) is 0 Å². The smallest absolute Gasteiger partial charge is 0.338 e. The molecule has 4 rings (SSSR count). The molecule has 3 aromatic rings. The number of fused-ring (bicyclic) bond motifs is 2. The van der Waals surface area contributed by atoms with Gasteiger partial charge in [-0.2, -0.15) is 0 Å². The van der Waals surface area contributed by atoms with E-state index in [1.807, 2.05) is 0 Å². The largest absolute Gasteiger partial charge is 0.458 e. The first-order valence-electron chi connectivity index (χ1n) is 10.4. The minimum Gasteiger partial charge on any atom is -0.458 e. The number of ether oxygens (including phenoxy) is 1.